The highest BCUT2D eigenvalue weighted by atomic mass is 32.2. The monoisotopic (exact) mass is 583 g/mol. The number of pyridine rings is 1. The van der Waals surface area contributed by atoms with Gasteiger partial charge in [0.2, 0.25) is 16.0 Å². The summed E-state index contributed by atoms with van der Waals surface area (Å²) in [5.41, 5.74) is 2.65. The molecule has 3 aromatic heterocycles. The van der Waals surface area contributed by atoms with Gasteiger partial charge in [-0.2, -0.15) is 0 Å². The molecule has 2 N–H and O–H groups in total. The third-order valence-electron chi connectivity index (χ3n) is 6.14. The van der Waals surface area contributed by atoms with Gasteiger partial charge in [-0.25, -0.2) is 18.4 Å². The van der Waals surface area contributed by atoms with Gasteiger partial charge in [-0.3, -0.25) is 14.3 Å². The van der Waals surface area contributed by atoms with Crippen LogP contribution in [-0.2, 0) is 14.8 Å². The van der Waals surface area contributed by atoms with Crippen molar-refractivity contribution in [2.24, 2.45) is 0 Å². The molecule has 3 heterocycles. The molecular formula is C27H33N7O6S. The molecular weight excluding hydrogens is 550 g/mol. The van der Waals surface area contributed by atoms with Gasteiger partial charge in [0.25, 0.3) is 0 Å². The second-order valence-electron chi connectivity index (χ2n) is 9.52. The van der Waals surface area contributed by atoms with Crippen LogP contribution in [0.2, 0.25) is 0 Å². The van der Waals surface area contributed by atoms with Crippen molar-refractivity contribution in [3.05, 3.63) is 66.0 Å². The minimum absolute atomic E-state index is 0.116. The molecule has 218 valence electrons. The molecule has 0 aliphatic heterocycles. The van der Waals surface area contributed by atoms with Gasteiger partial charge < -0.3 is 19.3 Å². The number of benzene rings is 1. The highest BCUT2D eigenvalue weighted by Crippen LogP contribution is 2.38. The number of hydrogen-bond donors (Lipinski definition) is 2. The smallest absolute Gasteiger partial charge is 0.243 e. The molecule has 1 aromatic carbocycles. The van der Waals surface area contributed by atoms with Crippen molar-refractivity contribution in [1.29, 1.82) is 0 Å². The average molecular weight is 584 g/mol. The van der Waals surface area contributed by atoms with Crippen LogP contribution in [0, 0.1) is 13.8 Å². The topological polar surface area (TPSA) is 163 Å². The molecule has 0 fully saturated rings. The molecule has 0 radical (unpaired) electrons. The first-order valence-corrected chi connectivity index (χ1v) is 14.3. The third-order valence-corrected chi connectivity index (χ3v) is 7.84. The van der Waals surface area contributed by atoms with Crippen LogP contribution in [-0.4, -0.2) is 75.4 Å². The van der Waals surface area contributed by atoms with Crippen molar-refractivity contribution in [1.82, 2.24) is 29.7 Å². The molecule has 0 amide bonds. The van der Waals surface area contributed by atoms with E-state index in [0.29, 0.717) is 28.6 Å². The van der Waals surface area contributed by atoms with Gasteiger partial charge in [0, 0.05) is 30.4 Å². The first-order valence-electron chi connectivity index (χ1n) is 12.7. The second-order valence-corrected chi connectivity index (χ2v) is 11.6. The minimum Gasteiger partial charge on any atom is -0.494 e. The Morgan fingerprint density at radius 3 is 2.22 bits per heavy atom. The Labute approximate surface area is 238 Å². The molecule has 3 atom stereocenters. The Hall–Kier alpha value is -4.14. The van der Waals surface area contributed by atoms with Gasteiger partial charge >= 0.3 is 0 Å². The molecule has 14 heteroatoms. The van der Waals surface area contributed by atoms with Crippen molar-refractivity contribution in [3.8, 4) is 28.6 Å². The third kappa shape index (κ3) is 6.61. The number of methoxy groups -OCH3 is 2. The number of rotatable bonds is 12. The zero-order valence-corrected chi connectivity index (χ0v) is 24.5. The maximum Gasteiger partial charge on any atom is 0.243 e. The summed E-state index contributed by atoms with van der Waals surface area (Å²) in [5, 5.41) is 17.1. The fourth-order valence-electron chi connectivity index (χ4n) is 4.07. The molecule has 4 rings (SSSR count). The van der Waals surface area contributed by atoms with Crippen LogP contribution in [0.4, 0.5) is 5.95 Å². The van der Waals surface area contributed by atoms with E-state index in [2.05, 4.69) is 29.9 Å². The number of sulfonamides is 1. The van der Waals surface area contributed by atoms with E-state index < -0.39 is 27.5 Å². The summed E-state index contributed by atoms with van der Waals surface area (Å²) in [6.07, 6.45) is 4.50. The molecule has 0 aliphatic rings. The predicted molar refractivity (Wildman–Crippen MR) is 152 cm³/mol. The van der Waals surface area contributed by atoms with E-state index in [1.54, 1.807) is 43.0 Å². The molecule has 0 saturated heterocycles. The van der Waals surface area contributed by atoms with E-state index in [1.165, 1.54) is 32.6 Å². The van der Waals surface area contributed by atoms with Gasteiger partial charge in [-0.1, -0.05) is 6.07 Å². The van der Waals surface area contributed by atoms with E-state index in [1.807, 2.05) is 19.9 Å². The summed E-state index contributed by atoms with van der Waals surface area (Å²) in [6, 6.07) is 7.03. The number of hydrogen-bond acceptors (Lipinski definition) is 11. The van der Waals surface area contributed by atoms with Gasteiger partial charge in [-0.15, -0.1) is 10.2 Å². The molecule has 13 nitrogen and oxygen atoms in total. The fourth-order valence-corrected chi connectivity index (χ4v) is 5.17. The number of aliphatic hydroxyl groups is 1. The van der Waals surface area contributed by atoms with E-state index in [9.17, 15) is 13.5 Å². The van der Waals surface area contributed by atoms with Crippen molar-refractivity contribution >= 4 is 16.0 Å². The summed E-state index contributed by atoms with van der Waals surface area (Å²) < 4.78 is 48.8. The Morgan fingerprint density at radius 2 is 1.63 bits per heavy atom. The molecule has 0 unspecified atom stereocenters. The normalized spacial score (nSPS) is 13.8. The Bertz CT molecular complexity index is 1570. The molecule has 4 aromatic rings. The predicted octanol–water partition coefficient (Wildman–Crippen LogP) is 3.02. The lowest BCUT2D eigenvalue weighted by molar-refractivity contribution is -0.00765. The van der Waals surface area contributed by atoms with Gasteiger partial charge in [0.05, 0.1) is 26.9 Å². The van der Waals surface area contributed by atoms with Crippen LogP contribution < -0.4 is 14.2 Å². The SMILES string of the molecule is COc1cccc(OC)c1-n1c(NS(=O)(=O)[C@@H](C)[C@@H](OC[C@@H](C)O)c2ncc(C)cn2)nnc1-c1cncc(C)c1. The number of aryl methyl sites for hydroxylation is 2. The summed E-state index contributed by atoms with van der Waals surface area (Å²) in [7, 11) is -1.23. The van der Waals surface area contributed by atoms with Crippen LogP contribution in [0.1, 0.15) is 36.9 Å². The Kier molecular flexibility index (Phi) is 9.15. The average Bonchev–Trinajstić information content (AvgIpc) is 3.35. The number of aliphatic hydroxyl groups excluding tert-OH is 1. The van der Waals surface area contributed by atoms with Crippen LogP contribution in [0.25, 0.3) is 17.1 Å². The van der Waals surface area contributed by atoms with Gasteiger partial charge in [0.15, 0.2) is 11.6 Å². The van der Waals surface area contributed by atoms with Crippen LogP contribution in [0.15, 0.2) is 49.1 Å². The Balaban J connectivity index is 1.83. The van der Waals surface area contributed by atoms with Crippen LogP contribution in [0.5, 0.6) is 11.5 Å². The first-order chi connectivity index (χ1) is 19.6. The maximum atomic E-state index is 13.9. The Morgan fingerprint density at radius 1 is 0.976 bits per heavy atom. The number of nitrogens with one attached hydrogen (secondary N) is 1. The van der Waals surface area contributed by atoms with Crippen molar-refractivity contribution in [2.75, 3.05) is 25.5 Å². The highest BCUT2D eigenvalue weighted by Gasteiger charge is 2.36. The lowest BCUT2D eigenvalue weighted by Crippen LogP contribution is -2.35. The van der Waals surface area contributed by atoms with E-state index in [4.69, 9.17) is 14.2 Å². The van der Waals surface area contributed by atoms with Gasteiger partial charge in [-0.05, 0) is 57.0 Å². The van der Waals surface area contributed by atoms with Crippen LogP contribution >= 0.6 is 0 Å². The molecule has 0 bridgehead atoms. The largest absolute Gasteiger partial charge is 0.494 e. The van der Waals surface area contributed by atoms with Crippen molar-refractivity contribution < 1.29 is 27.7 Å². The zero-order valence-electron chi connectivity index (χ0n) is 23.6. The maximum absolute atomic E-state index is 13.9. The van der Waals surface area contributed by atoms with E-state index in [0.717, 1.165) is 11.1 Å². The molecule has 0 spiro atoms. The summed E-state index contributed by atoms with van der Waals surface area (Å²) in [6.45, 7) is 6.58. The van der Waals surface area contributed by atoms with E-state index in [-0.39, 0.29) is 18.4 Å². The number of para-hydroxylation sites is 1. The molecule has 0 saturated carbocycles. The van der Waals surface area contributed by atoms with Crippen LogP contribution in [0.3, 0.4) is 0 Å². The standard InChI is InChI=1S/C27H33N7O6S/c1-16-10-20(14-28-11-16)26-31-32-27(34(26)23-21(38-5)8-7-9-22(23)39-6)33-41(36,37)19(4)24(40-15-18(3)35)25-29-12-17(2)13-30-25/h7-14,18-19,24,35H,15H2,1-6H3,(H,32,33)/t18-,19+,24-/m1/s1. The summed E-state index contributed by atoms with van der Waals surface area (Å²) in [5.74, 6) is 1.14. The highest BCUT2D eigenvalue weighted by molar-refractivity contribution is 7.93. The second kappa shape index (κ2) is 12.6. The number of ether oxygens (including phenoxy) is 3. The number of nitrogens with zero attached hydrogens (tertiary/aromatic N) is 6. The minimum atomic E-state index is -4.22. The van der Waals surface area contributed by atoms with E-state index >= 15 is 0 Å². The number of anilines is 1. The lowest BCUT2D eigenvalue weighted by atomic mass is 10.2. The summed E-state index contributed by atoms with van der Waals surface area (Å²) in [4.78, 5) is 12.8. The van der Waals surface area contributed by atoms with Crippen molar-refractivity contribution in [3.63, 3.8) is 0 Å². The number of aromatic nitrogens is 6. The van der Waals surface area contributed by atoms with Gasteiger partial charge in [0.1, 0.15) is 28.5 Å². The fraction of sp³-hybridized carbons (Fsp3) is 0.370. The zero-order chi connectivity index (χ0) is 29.7. The lowest BCUT2D eigenvalue weighted by Gasteiger charge is -2.24. The summed E-state index contributed by atoms with van der Waals surface area (Å²) >= 11 is 0. The molecule has 41 heavy (non-hydrogen) atoms. The van der Waals surface area contributed by atoms with Crippen molar-refractivity contribution in [2.45, 2.75) is 45.2 Å². The quantitative estimate of drug-likeness (QED) is 0.252. The first kappa shape index (κ1) is 29.8. The molecule has 0 aliphatic carbocycles.